The molecule has 0 fully saturated rings. The van der Waals surface area contributed by atoms with Gasteiger partial charge in [-0.2, -0.15) is 17.6 Å². The topological polar surface area (TPSA) is 9.23 Å². The highest BCUT2D eigenvalue weighted by atomic mass is 19.3. The first-order valence-electron chi connectivity index (χ1n) is 2.83. The van der Waals surface area contributed by atoms with Crippen LogP contribution in [0.3, 0.4) is 0 Å². The highest BCUT2D eigenvalue weighted by Crippen LogP contribution is 2.26. The molecule has 74 valence electrons. The summed E-state index contributed by atoms with van der Waals surface area (Å²) in [5, 5.41) is 0. The smallest absolute Gasteiger partial charge is 0.314 e. The molecule has 0 aromatic rings. The number of alkyl halides is 6. The van der Waals surface area contributed by atoms with Gasteiger partial charge < -0.3 is 4.74 Å². The molecule has 0 aliphatic rings. The van der Waals surface area contributed by atoms with Gasteiger partial charge in [0.2, 0.25) is 0 Å². The molecule has 0 N–H and O–H groups in total. The van der Waals surface area contributed by atoms with Crippen molar-refractivity contribution in [3.8, 4) is 0 Å². The summed E-state index contributed by atoms with van der Waals surface area (Å²) >= 11 is 0. The summed E-state index contributed by atoms with van der Waals surface area (Å²) in [5.41, 5.74) is 0. The molecular formula is C5H6F6O. The molecular weight excluding hydrogens is 190 g/mol. The highest BCUT2D eigenvalue weighted by molar-refractivity contribution is 4.68. The van der Waals surface area contributed by atoms with Crippen LogP contribution in [0.4, 0.5) is 26.3 Å². The van der Waals surface area contributed by atoms with E-state index in [1.165, 1.54) is 0 Å². The van der Waals surface area contributed by atoms with E-state index in [0.717, 1.165) is 0 Å². The Morgan fingerprint density at radius 1 is 1.17 bits per heavy atom. The molecule has 0 aromatic heterocycles. The van der Waals surface area contributed by atoms with Crippen molar-refractivity contribution >= 4 is 0 Å². The van der Waals surface area contributed by atoms with E-state index < -0.39 is 25.1 Å². The zero-order valence-corrected chi connectivity index (χ0v) is 5.96. The molecule has 0 saturated carbocycles. The lowest BCUT2D eigenvalue weighted by Gasteiger charge is -2.18. The number of hydrogen-bond donors (Lipinski definition) is 0. The third-order valence-electron chi connectivity index (χ3n) is 0.837. The van der Waals surface area contributed by atoms with E-state index in [1.54, 1.807) is 0 Å². The Morgan fingerprint density at radius 2 is 1.58 bits per heavy atom. The maximum absolute atomic E-state index is 11.9. The zero-order valence-electron chi connectivity index (χ0n) is 5.96. The fourth-order valence-corrected chi connectivity index (χ4v) is 0.286. The fraction of sp³-hybridized carbons (Fsp3) is 1.00. The van der Waals surface area contributed by atoms with Crippen LogP contribution in [0.25, 0.3) is 0 Å². The number of rotatable bonds is 4. The van der Waals surface area contributed by atoms with Gasteiger partial charge in [-0.1, -0.05) is 0 Å². The normalized spacial score (nSPS) is 14.0. The Kier molecular flexibility index (Phi) is 3.37. The van der Waals surface area contributed by atoms with E-state index >= 15 is 0 Å². The Hall–Kier alpha value is -0.460. The number of ether oxygens (including phenoxy) is 1. The summed E-state index contributed by atoms with van der Waals surface area (Å²) in [6.07, 6.45) is -7.82. The summed E-state index contributed by atoms with van der Waals surface area (Å²) in [7, 11) is 0. The molecule has 7 heteroatoms. The molecule has 0 rings (SSSR count). The minimum atomic E-state index is -4.53. The summed E-state index contributed by atoms with van der Waals surface area (Å²) in [6.45, 7) is -1.80. The molecule has 0 heterocycles. The molecule has 0 aliphatic carbocycles. The van der Waals surface area contributed by atoms with Gasteiger partial charge in [-0.15, -0.1) is 0 Å². The molecule has 0 saturated heterocycles. The van der Waals surface area contributed by atoms with E-state index in [1.807, 2.05) is 0 Å². The quantitative estimate of drug-likeness (QED) is 0.627. The van der Waals surface area contributed by atoms with Gasteiger partial charge in [0.05, 0.1) is 0 Å². The van der Waals surface area contributed by atoms with Gasteiger partial charge in [0.1, 0.15) is 6.61 Å². The second-order valence-corrected chi connectivity index (χ2v) is 2.16. The predicted octanol–water partition coefficient (Wildman–Crippen LogP) is 2.52. The van der Waals surface area contributed by atoms with Gasteiger partial charge >= 0.3 is 18.5 Å². The van der Waals surface area contributed by atoms with Crippen molar-refractivity contribution in [3.05, 3.63) is 0 Å². The first kappa shape index (κ1) is 11.5. The van der Waals surface area contributed by atoms with Crippen LogP contribution < -0.4 is 0 Å². The van der Waals surface area contributed by atoms with E-state index in [0.29, 0.717) is 0 Å². The van der Waals surface area contributed by atoms with Gasteiger partial charge in [-0.05, 0) is 0 Å². The van der Waals surface area contributed by atoms with E-state index in [-0.39, 0.29) is 6.92 Å². The summed E-state index contributed by atoms with van der Waals surface area (Å²) in [5.74, 6) is -4.53. The summed E-state index contributed by atoms with van der Waals surface area (Å²) < 4.78 is 73.0. The molecule has 0 unspecified atom stereocenters. The van der Waals surface area contributed by atoms with Gasteiger partial charge in [0.15, 0.2) is 0 Å². The lowest BCUT2D eigenvalue weighted by Crippen LogP contribution is -2.35. The Bertz CT molecular complexity index is 139. The van der Waals surface area contributed by atoms with Crippen LogP contribution in [-0.2, 0) is 4.74 Å². The maximum Gasteiger partial charge on any atom is 0.353 e. The predicted molar refractivity (Wildman–Crippen MR) is 27.5 cm³/mol. The minimum Gasteiger partial charge on any atom is -0.314 e. The number of halogens is 6. The van der Waals surface area contributed by atoms with Crippen LogP contribution in [0.15, 0.2) is 0 Å². The third-order valence-corrected chi connectivity index (χ3v) is 0.837. The molecule has 0 atom stereocenters. The third kappa shape index (κ3) is 4.42. The second-order valence-electron chi connectivity index (χ2n) is 2.16. The molecule has 1 nitrogen and oxygen atoms in total. The lowest BCUT2D eigenvalue weighted by molar-refractivity contribution is -0.271. The Morgan fingerprint density at radius 3 is 1.83 bits per heavy atom. The molecule has 0 aliphatic heterocycles. The van der Waals surface area contributed by atoms with Crippen molar-refractivity contribution in [1.82, 2.24) is 0 Å². The maximum atomic E-state index is 11.9. The Balaban J connectivity index is 3.93. The zero-order chi connectivity index (χ0) is 9.99. The van der Waals surface area contributed by atoms with Gasteiger partial charge in [-0.3, -0.25) is 0 Å². The molecule has 0 bridgehead atoms. The highest BCUT2D eigenvalue weighted by Gasteiger charge is 2.43. The lowest BCUT2D eigenvalue weighted by atomic mass is 10.4. The van der Waals surface area contributed by atoms with Crippen molar-refractivity contribution < 1.29 is 31.1 Å². The van der Waals surface area contributed by atoms with Gasteiger partial charge in [-0.25, -0.2) is 8.78 Å². The molecule has 0 amide bonds. The van der Waals surface area contributed by atoms with Crippen molar-refractivity contribution in [2.24, 2.45) is 0 Å². The molecule has 0 aromatic carbocycles. The van der Waals surface area contributed by atoms with Crippen molar-refractivity contribution in [1.29, 1.82) is 0 Å². The summed E-state index contributed by atoms with van der Waals surface area (Å²) in [6, 6.07) is 0. The molecule has 0 spiro atoms. The van der Waals surface area contributed by atoms with Crippen LogP contribution in [0.1, 0.15) is 6.92 Å². The Labute approximate surface area is 64.3 Å². The monoisotopic (exact) mass is 196 g/mol. The van der Waals surface area contributed by atoms with Gasteiger partial charge in [0, 0.05) is 6.92 Å². The van der Waals surface area contributed by atoms with Crippen LogP contribution in [0.5, 0.6) is 0 Å². The second kappa shape index (κ2) is 3.51. The van der Waals surface area contributed by atoms with Crippen molar-refractivity contribution in [3.63, 3.8) is 0 Å². The largest absolute Gasteiger partial charge is 0.353 e. The van der Waals surface area contributed by atoms with Crippen LogP contribution in [0.2, 0.25) is 0 Å². The van der Waals surface area contributed by atoms with E-state index in [9.17, 15) is 26.3 Å². The van der Waals surface area contributed by atoms with E-state index in [2.05, 4.69) is 4.74 Å². The fourth-order valence-electron chi connectivity index (χ4n) is 0.286. The minimum absolute atomic E-state index is 0.189. The molecule has 12 heavy (non-hydrogen) atoms. The average Bonchev–Trinajstić information content (AvgIpc) is 1.82. The van der Waals surface area contributed by atoms with Gasteiger partial charge in [0.25, 0.3) is 0 Å². The van der Waals surface area contributed by atoms with Crippen molar-refractivity contribution in [2.45, 2.75) is 25.4 Å². The number of hydrogen-bond acceptors (Lipinski definition) is 1. The summed E-state index contributed by atoms with van der Waals surface area (Å²) in [4.78, 5) is 0. The van der Waals surface area contributed by atoms with Crippen molar-refractivity contribution in [2.75, 3.05) is 6.61 Å². The average molecular weight is 196 g/mol. The first-order valence-corrected chi connectivity index (χ1v) is 2.83. The first-order chi connectivity index (χ1) is 5.15. The SMILES string of the molecule is CC(F)(F)OCC(F)(F)C(F)F. The standard InChI is InChI=1S/C5H6F6O/c1-4(8,9)12-2-5(10,11)3(6)7/h3H,2H2,1H3. The van der Waals surface area contributed by atoms with Crippen LogP contribution in [0, 0.1) is 0 Å². The van der Waals surface area contributed by atoms with Crippen LogP contribution in [-0.4, -0.2) is 25.1 Å². The van der Waals surface area contributed by atoms with E-state index in [4.69, 9.17) is 0 Å². The molecule has 0 radical (unpaired) electrons. The van der Waals surface area contributed by atoms with Crippen LogP contribution >= 0.6 is 0 Å².